The Bertz CT molecular complexity index is 4150. The van der Waals surface area contributed by atoms with Crippen molar-refractivity contribution in [3.8, 4) is 77.9 Å². The van der Waals surface area contributed by atoms with Gasteiger partial charge in [0, 0.05) is 0 Å². The van der Waals surface area contributed by atoms with Gasteiger partial charge < -0.3 is 0 Å². The van der Waals surface area contributed by atoms with Gasteiger partial charge in [0.25, 0.3) is 0 Å². The Balaban J connectivity index is 1.11. The van der Waals surface area contributed by atoms with Crippen molar-refractivity contribution in [2.45, 2.75) is 5.41 Å². The summed E-state index contributed by atoms with van der Waals surface area (Å²) in [6.07, 6.45) is 0. The molecule has 0 nitrogen and oxygen atoms in total. The first-order chi connectivity index (χ1) is 34.2. The quantitative estimate of drug-likeness (QED) is 0.122. The van der Waals surface area contributed by atoms with Crippen LogP contribution < -0.4 is 13.2 Å². The summed E-state index contributed by atoms with van der Waals surface area (Å²) < 4.78 is 4.66. The molecule has 0 bridgehead atoms. The average molecular weight is 994 g/mol. The molecule has 1 aliphatic heterocycles. The van der Waals surface area contributed by atoms with Gasteiger partial charge in [0.05, 0.1) is 0 Å². The van der Waals surface area contributed by atoms with Gasteiger partial charge in [0.15, 0.2) is 0 Å². The molecule has 12 aromatic rings. The Hall–Kier alpha value is -7.49. The maximum atomic E-state index is 2.56. The van der Waals surface area contributed by atoms with E-state index in [-0.39, 0.29) is 0 Å². The van der Waals surface area contributed by atoms with E-state index < -0.39 is 20.8 Å². The van der Waals surface area contributed by atoms with Crippen LogP contribution in [0, 0.1) is 0 Å². The third-order valence-corrected chi connectivity index (χ3v) is 22.3. The Morgan fingerprint density at radius 2 is 0.797 bits per heavy atom. The number of fused-ring (bicyclic) bond motifs is 17. The average Bonchev–Trinajstić information content (AvgIpc) is 4.05. The monoisotopic (exact) mass is 996 g/mol. The molecule has 15 rings (SSSR count). The van der Waals surface area contributed by atoms with Gasteiger partial charge in [-0.15, -0.1) is 0 Å². The molecule has 0 amide bonds. The van der Waals surface area contributed by atoms with Gasteiger partial charge in [0.1, 0.15) is 0 Å². The van der Waals surface area contributed by atoms with Gasteiger partial charge in [-0.2, -0.15) is 0 Å². The third kappa shape index (κ3) is 5.47. The van der Waals surface area contributed by atoms with Crippen molar-refractivity contribution in [1.29, 1.82) is 0 Å². The second-order valence-corrected chi connectivity index (χ2v) is 25.5. The fourth-order valence-corrected chi connectivity index (χ4v) is 19.1. The maximum absolute atomic E-state index is 2.56. The molecule has 3 aliphatic rings. The van der Waals surface area contributed by atoms with Crippen LogP contribution in [0.3, 0.4) is 0 Å². The third-order valence-electron chi connectivity index (χ3n) is 16.1. The Labute approximate surface area is 416 Å². The molecule has 0 unspecified atom stereocenters. The van der Waals surface area contributed by atoms with E-state index in [1.165, 1.54) is 137 Å². The molecule has 0 saturated carbocycles. The van der Waals surface area contributed by atoms with Crippen LogP contribution in [0.1, 0.15) is 22.3 Å². The molecule has 0 saturated heterocycles. The second-order valence-electron chi connectivity index (χ2n) is 19.4. The van der Waals surface area contributed by atoms with Crippen LogP contribution in [0.4, 0.5) is 0 Å². The molecule has 12 aromatic carbocycles. The van der Waals surface area contributed by atoms with E-state index in [2.05, 4.69) is 237 Å². The molecule has 0 radical (unpaired) electrons. The molecular weight excluding hydrogens is 950 g/mol. The Morgan fingerprint density at radius 3 is 1.54 bits per heavy atom. The Morgan fingerprint density at radius 1 is 0.304 bits per heavy atom. The zero-order valence-corrected chi connectivity index (χ0v) is 45.4. The fourth-order valence-electron chi connectivity index (χ4n) is 13.3. The van der Waals surface area contributed by atoms with Crippen LogP contribution in [0.25, 0.3) is 110 Å². The predicted octanol–water partition coefficient (Wildman–Crippen LogP) is 13.2. The molecule has 0 aromatic heterocycles. The van der Waals surface area contributed by atoms with Gasteiger partial charge in [-0.05, 0) is 0 Å². The van der Waals surface area contributed by atoms with E-state index in [1.807, 2.05) is 0 Å². The molecule has 320 valence electrons. The molecule has 2 heteroatoms. The number of rotatable bonds is 4. The van der Waals surface area contributed by atoms with Crippen LogP contribution in [-0.4, -0.2) is 31.9 Å². The SMILES string of the molecule is [GeH3][c]1ccccc1-c1cccc(-c2cccc3c(-c4cc5ccccc5c5c4C4(c6ccccc6-c6ccccc64)c4ccccc4-5)c4cccc(-c5cccc6[c]5[GeH2][c]5ccccc5-6)c4cc23)c1. The number of hydrogen-bond acceptors (Lipinski definition) is 0. The van der Waals surface area contributed by atoms with Crippen LogP contribution in [0.2, 0.25) is 0 Å². The summed E-state index contributed by atoms with van der Waals surface area (Å²) in [5.41, 5.74) is 23.6. The van der Waals surface area contributed by atoms with Crippen LogP contribution >= 0.6 is 0 Å². The van der Waals surface area contributed by atoms with E-state index in [4.69, 9.17) is 0 Å². The van der Waals surface area contributed by atoms with E-state index in [0.29, 0.717) is 16.5 Å². The van der Waals surface area contributed by atoms with E-state index in [1.54, 1.807) is 8.79 Å². The fraction of sp³-hybridized carbons (Fsp3) is 0.0149. The van der Waals surface area contributed by atoms with Crippen molar-refractivity contribution in [1.82, 2.24) is 0 Å². The van der Waals surface area contributed by atoms with Crippen molar-refractivity contribution in [3.05, 3.63) is 259 Å². The number of hydrogen-bond donors (Lipinski definition) is 0. The first kappa shape index (κ1) is 39.5. The van der Waals surface area contributed by atoms with Crippen molar-refractivity contribution >= 4 is 77.5 Å². The first-order valence-corrected chi connectivity index (χ1v) is 29.4. The van der Waals surface area contributed by atoms with Crippen LogP contribution in [0.15, 0.2) is 237 Å². The summed E-state index contributed by atoms with van der Waals surface area (Å²) in [6.45, 7) is 0. The normalized spacial score (nSPS) is 13.7. The number of benzene rings is 12. The standard InChI is InChI=1S/C67H44Ge2/c68-61-35-11-6-20-44(61)41-19-13-18-40(37-41)43-26-14-28-50-55(43)39-56-46(52-30-16-31-53-49-24-7-12-36-62(49)69-66(52)53)27-15-29-51(56)63(50)57-38-42-17-1-2-21-45(42)64-54-25-5-10-34-60(54)67(65(57)64)58-32-8-3-22-47(58)48-23-4-9-33-59(48)67/h1-39H,69H2,68H3. The van der Waals surface area contributed by atoms with E-state index >= 15 is 0 Å². The first-order valence-electron chi connectivity index (χ1n) is 24.4. The summed E-state index contributed by atoms with van der Waals surface area (Å²) in [5, 5.41) is 7.72. The van der Waals surface area contributed by atoms with Crippen molar-refractivity contribution in [3.63, 3.8) is 0 Å². The van der Waals surface area contributed by atoms with Gasteiger partial charge >= 0.3 is 407 Å². The van der Waals surface area contributed by atoms with E-state index in [0.717, 1.165) is 0 Å². The van der Waals surface area contributed by atoms with E-state index in [9.17, 15) is 0 Å². The molecule has 1 spiro atoms. The van der Waals surface area contributed by atoms with Crippen molar-refractivity contribution < 1.29 is 0 Å². The molecular formula is C67H44Ge2. The summed E-state index contributed by atoms with van der Waals surface area (Å²) in [6, 6.07) is 91.0. The zero-order chi connectivity index (χ0) is 45.4. The summed E-state index contributed by atoms with van der Waals surface area (Å²) >= 11 is -0.725. The molecule has 69 heavy (non-hydrogen) atoms. The molecule has 0 atom stereocenters. The molecule has 2 aliphatic carbocycles. The minimum atomic E-state index is -1.28. The molecule has 0 fully saturated rings. The predicted molar refractivity (Wildman–Crippen MR) is 300 cm³/mol. The second kappa shape index (κ2) is 15.0. The minimum absolute atomic E-state index is 0.534. The topological polar surface area (TPSA) is 0 Å². The molecule has 1 heterocycles. The van der Waals surface area contributed by atoms with Crippen LogP contribution in [-0.2, 0) is 5.41 Å². The summed E-state index contributed by atoms with van der Waals surface area (Å²) in [4.78, 5) is 0. The van der Waals surface area contributed by atoms with Crippen molar-refractivity contribution in [2.75, 3.05) is 0 Å². The van der Waals surface area contributed by atoms with Gasteiger partial charge in [-0.25, -0.2) is 0 Å². The summed E-state index contributed by atoms with van der Waals surface area (Å²) in [7, 11) is 0. The van der Waals surface area contributed by atoms with Gasteiger partial charge in [0.2, 0.25) is 0 Å². The zero-order valence-electron chi connectivity index (χ0n) is 38.2. The van der Waals surface area contributed by atoms with Gasteiger partial charge in [-0.1, -0.05) is 12.1 Å². The summed E-state index contributed by atoms with van der Waals surface area (Å²) in [5.74, 6) is 0. The van der Waals surface area contributed by atoms with Crippen LogP contribution in [0.5, 0.6) is 0 Å². The molecule has 0 N–H and O–H groups in total. The Kier molecular flexibility index (Phi) is 8.59. The van der Waals surface area contributed by atoms with Crippen molar-refractivity contribution in [2.24, 2.45) is 0 Å². The van der Waals surface area contributed by atoms with Gasteiger partial charge in [-0.3, -0.25) is 0 Å².